The molecule has 0 radical (unpaired) electrons. The fourth-order valence-corrected chi connectivity index (χ4v) is 3.73. The van der Waals surface area contributed by atoms with Crippen LogP contribution in [-0.4, -0.2) is 9.97 Å². The number of thiazole rings is 2. The molecule has 0 bridgehead atoms. The van der Waals surface area contributed by atoms with Crippen molar-refractivity contribution in [2.45, 2.75) is 6.92 Å². The molecule has 7 heteroatoms. The number of halogens is 1. The predicted molar refractivity (Wildman–Crippen MR) is 89.8 cm³/mol. The van der Waals surface area contributed by atoms with Gasteiger partial charge in [-0.25, -0.2) is 9.97 Å². The first-order valence-electron chi connectivity index (χ1n) is 5.84. The van der Waals surface area contributed by atoms with E-state index in [-0.39, 0.29) is 0 Å². The van der Waals surface area contributed by atoms with Gasteiger partial charge < -0.3 is 11.1 Å². The lowest BCUT2D eigenvalue weighted by atomic mass is 10.3. The van der Waals surface area contributed by atoms with Crippen LogP contribution in [0.5, 0.6) is 0 Å². The zero-order valence-electron chi connectivity index (χ0n) is 10.6. The third-order valence-electron chi connectivity index (χ3n) is 2.67. The van der Waals surface area contributed by atoms with E-state index in [2.05, 4.69) is 31.2 Å². The molecule has 1 aromatic carbocycles. The van der Waals surface area contributed by atoms with E-state index in [0.29, 0.717) is 5.13 Å². The molecule has 3 aromatic rings. The highest BCUT2D eigenvalue weighted by Crippen LogP contribution is 2.34. The van der Waals surface area contributed by atoms with Gasteiger partial charge >= 0.3 is 0 Å². The summed E-state index contributed by atoms with van der Waals surface area (Å²) in [6.45, 7) is 1.95. The lowest BCUT2D eigenvalue weighted by molar-refractivity contribution is 1.26. The maximum atomic E-state index is 5.73. The van der Waals surface area contributed by atoms with E-state index >= 15 is 0 Å². The van der Waals surface area contributed by atoms with Gasteiger partial charge in [0.25, 0.3) is 0 Å². The molecule has 0 aliphatic rings. The van der Waals surface area contributed by atoms with Gasteiger partial charge in [-0.3, -0.25) is 0 Å². The Kier molecular flexibility index (Phi) is 3.73. The van der Waals surface area contributed by atoms with Crippen molar-refractivity contribution in [1.29, 1.82) is 0 Å². The summed E-state index contributed by atoms with van der Waals surface area (Å²) in [5.74, 6) is 0. The smallest absolute Gasteiger partial charge is 0.187 e. The standard InChI is InChI=1S/C13H11BrN4S2/c1-7-11(20-12(15)16-7)10-6-19-13(18-10)17-9-5-3-2-4-8(9)14/h2-6H,1H3,(H2,15,16)(H,17,18). The van der Waals surface area contributed by atoms with Crippen LogP contribution < -0.4 is 11.1 Å². The number of benzene rings is 1. The normalized spacial score (nSPS) is 10.7. The Hall–Kier alpha value is -1.44. The molecule has 0 aliphatic heterocycles. The number of nitrogen functional groups attached to an aromatic ring is 1. The van der Waals surface area contributed by atoms with Crippen LogP contribution in [0.15, 0.2) is 34.1 Å². The number of para-hydroxylation sites is 1. The molecular weight excluding hydrogens is 356 g/mol. The Morgan fingerprint density at radius 3 is 2.75 bits per heavy atom. The minimum atomic E-state index is 0.575. The van der Waals surface area contributed by atoms with Crippen molar-refractivity contribution >= 4 is 54.6 Å². The van der Waals surface area contributed by atoms with Crippen LogP contribution in [0.1, 0.15) is 5.69 Å². The fourth-order valence-electron chi connectivity index (χ4n) is 1.77. The van der Waals surface area contributed by atoms with Gasteiger partial charge in [0.05, 0.1) is 22.0 Å². The highest BCUT2D eigenvalue weighted by molar-refractivity contribution is 9.10. The first-order chi connectivity index (χ1) is 9.63. The van der Waals surface area contributed by atoms with Crippen molar-refractivity contribution in [3.63, 3.8) is 0 Å². The van der Waals surface area contributed by atoms with Crippen molar-refractivity contribution in [2.75, 3.05) is 11.1 Å². The molecule has 0 unspecified atom stereocenters. The molecule has 0 saturated heterocycles. The average molecular weight is 367 g/mol. The second-order valence-electron chi connectivity index (χ2n) is 4.11. The predicted octanol–water partition coefficient (Wildman–Crippen LogP) is 4.66. The summed E-state index contributed by atoms with van der Waals surface area (Å²) < 4.78 is 1.01. The van der Waals surface area contributed by atoms with Crippen molar-refractivity contribution in [3.8, 4) is 10.6 Å². The molecule has 3 rings (SSSR count). The molecule has 20 heavy (non-hydrogen) atoms. The summed E-state index contributed by atoms with van der Waals surface area (Å²) in [6.07, 6.45) is 0. The Morgan fingerprint density at radius 1 is 1.25 bits per heavy atom. The first kappa shape index (κ1) is 13.5. The lowest BCUT2D eigenvalue weighted by Gasteiger charge is -2.04. The monoisotopic (exact) mass is 366 g/mol. The summed E-state index contributed by atoms with van der Waals surface area (Å²) in [5.41, 5.74) is 8.56. The zero-order chi connectivity index (χ0) is 14.1. The second kappa shape index (κ2) is 5.51. The molecule has 0 fully saturated rings. The third kappa shape index (κ3) is 2.70. The summed E-state index contributed by atoms with van der Waals surface area (Å²) in [6, 6.07) is 7.95. The molecule has 102 valence electrons. The second-order valence-corrected chi connectivity index (χ2v) is 6.85. The minimum Gasteiger partial charge on any atom is -0.375 e. The van der Waals surface area contributed by atoms with Gasteiger partial charge in [-0.2, -0.15) is 0 Å². The number of anilines is 3. The molecule has 0 spiro atoms. The lowest BCUT2D eigenvalue weighted by Crippen LogP contribution is -1.90. The highest BCUT2D eigenvalue weighted by Gasteiger charge is 2.12. The van der Waals surface area contributed by atoms with Crippen LogP contribution in [0, 0.1) is 6.92 Å². The number of hydrogen-bond donors (Lipinski definition) is 2. The minimum absolute atomic E-state index is 0.575. The highest BCUT2D eigenvalue weighted by atomic mass is 79.9. The van der Waals surface area contributed by atoms with Crippen molar-refractivity contribution < 1.29 is 0 Å². The topological polar surface area (TPSA) is 63.8 Å². The third-order valence-corrected chi connectivity index (χ3v) is 5.12. The van der Waals surface area contributed by atoms with E-state index in [4.69, 9.17) is 5.73 Å². The number of nitrogens with two attached hydrogens (primary N) is 1. The van der Waals surface area contributed by atoms with Crippen LogP contribution in [0.25, 0.3) is 10.6 Å². The SMILES string of the molecule is Cc1nc(N)sc1-c1csc(Nc2ccccc2Br)n1. The molecular formula is C13H11BrN4S2. The van der Waals surface area contributed by atoms with Crippen molar-refractivity contribution in [2.24, 2.45) is 0 Å². The van der Waals surface area contributed by atoms with Crippen LogP contribution in [0.4, 0.5) is 16.0 Å². The Balaban J connectivity index is 1.88. The Bertz CT molecular complexity index is 750. The van der Waals surface area contributed by atoms with Crippen LogP contribution >= 0.6 is 38.6 Å². The van der Waals surface area contributed by atoms with Crippen molar-refractivity contribution in [3.05, 3.63) is 39.8 Å². The van der Waals surface area contributed by atoms with Gasteiger partial charge in [0.15, 0.2) is 10.3 Å². The number of aryl methyl sites for hydroxylation is 1. The van der Waals surface area contributed by atoms with Crippen LogP contribution in [0.2, 0.25) is 0 Å². The van der Waals surface area contributed by atoms with E-state index in [9.17, 15) is 0 Å². The largest absolute Gasteiger partial charge is 0.375 e. The van der Waals surface area contributed by atoms with Gasteiger partial charge in [-0.1, -0.05) is 23.5 Å². The number of hydrogen-bond acceptors (Lipinski definition) is 6. The average Bonchev–Trinajstić information content (AvgIpc) is 2.99. The van der Waals surface area contributed by atoms with Gasteiger partial charge in [0.2, 0.25) is 0 Å². The molecule has 0 atom stereocenters. The molecule has 0 saturated carbocycles. The molecule has 0 amide bonds. The number of rotatable bonds is 3. The van der Waals surface area contributed by atoms with E-state index in [1.54, 1.807) is 11.3 Å². The quantitative estimate of drug-likeness (QED) is 0.707. The van der Waals surface area contributed by atoms with Gasteiger partial charge in [0, 0.05) is 9.85 Å². The van der Waals surface area contributed by atoms with E-state index in [0.717, 1.165) is 31.6 Å². The fraction of sp³-hybridized carbons (Fsp3) is 0.0769. The molecule has 0 aliphatic carbocycles. The molecule has 2 heterocycles. The summed E-state index contributed by atoms with van der Waals surface area (Å²) >= 11 is 6.54. The molecule has 3 N–H and O–H groups in total. The molecule has 4 nitrogen and oxygen atoms in total. The van der Waals surface area contributed by atoms with Gasteiger partial charge in [-0.05, 0) is 35.0 Å². The number of aromatic nitrogens is 2. The molecule has 2 aromatic heterocycles. The van der Waals surface area contributed by atoms with Gasteiger partial charge in [-0.15, -0.1) is 11.3 Å². The van der Waals surface area contributed by atoms with Crippen LogP contribution in [0.3, 0.4) is 0 Å². The van der Waals surface area contributed by atoms with Crippen LogP contribution in [-0.2, 0) is 0 Å². The van der Waals surface area contributed by atoms with E-state index in [1.165, 1.54) is 11.3 Å². The Labute approximate surface area is 132 Å². The maximum Gasteiger partial charge on any atom is 0.187 e. The number of nitrogens with zero attached hydrogens (tertiary/aromatic N) is 2. The van der Waals surface area contributed by atoms with E-state index in [1.807, 2.05) is 36.6 Å². The van der Waals surface area contributed by atoms with Crippen molar-refractivity contribution in [1.82, 2.24) is 9.97 Å². The number of nitrogens with one attached hydrogen (secondary N) is 1. The maximum absolute atomic E-state index is 5.73. The Morgan fingerprint density at radius 2 is 2.05 bits per heavy atom. The summed E-state index contributed by atoms with van der Waals surface area (Å²) in [5, 5.41) is 6.74. The summed E-state index contributed by atoms with van der Waals surface area (Å²) in [4.78, 5) is 9.85. The summed E-state index contributed by atoms with van der Waals surface area (Å²) in [7, 11) is 0. The van der Waals surface area contributed by atoms with Gasteiger partial charge in [0.1, 0.15) is 0 Å². The van der Waals surface area contributed by atoms with E-state index < -0.39 is 0 Å². The first-order valence-corrected chi connectivity index (χ1v) is 8.33. The zero-order valence-corrected chi connectivity index (χ0v) is 13.8.